The summed E-state index contributed by atoms with van der Waals surface area (Å²) < 4.78 is 1.83. The summed E-state index contributed by atoms with van der Waals surface area (Å²) in [6.07, 6.45) is 7.60. The minimum absolute atomic E-state index is 0. The lowest BCUT2D eigenvalue weighted by Crippen LogP contribution is -2.41. The Kier molecular flexibility index (Phi) is 7.44. The van der Waals surface area contributed by atoms with E-state index < -0.39 is 0 Å². The quantitative estimate of drug-likeness (QED) is 0.880. The van der Waals surface area contributed by atoms with Crippen molar-refractivity contribution in [1.82, 2.24) is 20.0 Å². The molecule has 2 saturated heterocycles. The molecule has 1 aromatic rings. The van der Waals surface area contributed by atoms with Gasteiger partial charge in [0.25, 0.3) is 0 Å². The maximum absolute atomic E-state index is 13.1. The number of carbonyl (C=O) groups is 1. The molecule has 136 valence electrons. The molecule has 2 aliphatic rings. The largest absolute Gasteiger partial charge is 0.341 e. The van der Waals surface area contributed by atoms with Gasteiger partial charge in [-0.25, -0.2) is 0 Å². The number of hydrogen-bond acceptors (Lipinski definition) is 4. The SMILES string of the molecule is CCSC1CCCCN(C(=O)[C@H]2CNC[C@@H]2c2cnn(C)c2)C1.Cl. The van der Waals surface area contributed by atoms with Crippen molar-refractivity contribution in [3.63, 3.8) is 0 Å². The number of aryl methyl sites for hydroxylation is 1. The average Bonchev–Trinajstić information content (AvgIpc) is 3.11. The number of carbonyl (C=O) groups excluding carboxylic acids is 1. The molecule has 2 aliphatic heterocycles. The second-order valence-electron chi connectivity index (χ2n) is 6.68. The van der Waals surface area contributed by atoms with E-state index in [1.54, 1.807) is 0 Å². The van der Waals surface area contributed by atoms with E-state index in [0.29, 0.717) is 11.2 Å². The maximum Gasteiger partial charge on any atom is 0.227 e. The van der Waals surface area contributed by atoms with Gasteiger partial charge in [-0.15, -0.1) is 12.4 Å². The van der Waals surface area contributed by atoms with Crippen LogP contribution in [0, 0.1) is 5.92 Å². The fourth-order valence-corrected chi connectivity index (χ4v) is 4.92. The number of nitrogens with zero attached hydrogens (tertiary/aromatic N) is 3. The van der Waals surface area contributed by atoms with Crippen LogP contribution in [-0.4, -0.2) is 57.8 Å². The molecule has 1 N–H and O–H groups in total. The normalized spacial score (nSPS) is 27.6. The van der Waals surface area contributed by atoms with Crippen LogP contribution in [-0.2, 0) is 11.8 Å². The lowest BCUT2D eigenvalue weighted by atomic mass is 9.89. The Morgan fingerprint density at radius 1 is 1.42 bits per heavy atom. The number of rotatable bonds is 4. The van der Waals surface area contributed by atoms with E-state index in [0.717, 1.165) is 38.4 Å². The van der Waals surface area contributed by atoms with Crippen LogP contribution in [0.3, 0.4) is 0 Å². The first-order chi connectivity index (χ1) is 11.2. The van der Waals surface area contributed by atoms with Gasteiger partial charge in [-0.1, -0.05) is 13.3 Å². The number of halogens is 1. The Labute approximate surface area is 155 Å². The van der Waals surface area contributed by atoms with Crippen LogP contribution in [0.25, 0.3) is 0 Å². The molecule has 3 heterocycles. The number of nitrogens with one attached hydrogen (secondary N) is 1. The van der Waals surface area contributed by atoms with Crippen LogP contribution in [0.1, 0.15) is 37.7 Å². The molecule has 24 heavy (non-hydrogen) atoms. The van der Waals surface area contributed by atoms with Crippen LogP contribution >= 0.6 is 24.2 Å². The Balaban J connectivity index is 0.00000208. The zero-order valence-corrected chi connectivity index (χ0v) is 16.2. The second-order valence-corrected chi connectivity index (χ2v) is 8.25. The fraction of sp³-hybridized carbons (Fsp3) is 0.765. The van der Waals surface area contributed by atoms with Gasteiger partial charge >= 0.3 is 0 Å². The highest BCUT2D eigenvalue weighted by molar-refractivity contribution is 7.99. The third-order valence-corrected chi connectivity index (χ3v) is 6.22. The van der Waals surface area contributed by atoms with Crippen LogP contribution in [0.2, 0.25) is 0 Å². The van der Waals surface area contributed by atoms with Gasteiger partial charge in [0.15, 0.2) is 0 Å². The third-order valence-electron chi connectivity index (χ3n) is 5.03. The Hall–Kier alpha value is -0.720. The first-order valence-electron chi connectivity index (χ1n) is 8.78. The van der Waals surface area contributed by atoms with Gasteiger partial charge in [-0.05, 0) is 24.2 Å². The van der Waals surface area contributed by atoms with Crippen molar-refractivity contribution in [3.05, 3.63) is 18.0 Å². The van der Waals surface area contributed by atoms with Crippen molar-refractivity contribution in [2.75, 3.05) is 31.9 Å². The summed E-state index contributed by atoms with van der Waals surface area (Å²) in [4.78, 5) is 15.3. The summed E-state index contributed by atoms with van der Waals surface area (Å²) in [5.74, 6) is 1.80. The number of thioether (sulfide) groups is 1. The highest BCUT2D eigenvalue weighted by atomic mass is 35.5. The fourth-order valence-electron chi connectivity index (χ4n) is 3.83. The molecule has 0 aromatic carbocycles. The molecule has 5 nitrogen and oxygen atoms in total. The topological polar surface area (TPSA) is 50.2 Å². The molecule has 3 atom stereocenters. The number of aromatic nitrogens is 2. The molecule has 2 fully saturated rings. The van der Waals surface area contributed by atoms with Gasteiger partial charge in [0.05, 0.1) is 12.1 Å². The Morgan fingerprint density at radius 2 is 2.25 bits per heavy atom. The summed E-state index contributed by atoms with van der Waals surface area (Å²) in [5.41, 5.74) is 1.19. The van der Waals surface area contributed by atoms with Crippen LogP contribution < -0.4 is 5.32 Å². The van der Waals surface area contributed by atoms with Crippen molar-refractivity contribution in [3.8, 4) is 0 Å². The molecule has 1 aromatic heterocycles. The zero-order valence-electron chi connectivity index (χ0n) is 14.6. The van der Waals surface area contributed by atoms with E-state index in [4.69, 9.17) is 0 Å². The number of amides is 1. The van der Waals surface area contributed by atoms with Crippen molar-refractivity contribution >= 4 is 30.1 Å². The molecule has 3 rings (SSSR count). The summed E-state index contributed by atoms with van der Waals surface area (Å²) in [7, 11) is 1.93. The van der Waals surface area contributed by atoms with Crippen molar-refractivity contribution in [2.24, 2.45) is 13.0 Å². The van der Waals surface area contributed by atoms with Crippen LogP contribution in [0.4, 0.5) is 0 Å². The van der Waals surface area contributed by atoms with E-state index in [9.17, 15) is 4.79 Å². The van der Waals surface area contributed by atoms with E-state index >= 15 is 0 Å². The summed E-state index contributed by atoms with van der Waals surface area (Å²) in [5, 5.41) is 8.30. The molecular formula is C17H29ClN4OS. The molecule has 0 aliphatic carbocycles. The Morgan fingerprint density at radius 3 is 2.96 bits per heavy atom. The van der Waals surface area contributed by atoms with Crippen molar-refractivity contribution in [2.45, 2.75) is 37.4 Å². The molecule has 0 saturated carbocycles. The molecule has 7 heteroatoms. The standard InChI is InChI=1S/C17H28N4OS.ClH/c1-3-23-14-6-4-5-7-21(12-14)17(22)16-10-18-9-15(16)13-8-19-20(2)11-13;/h8,11,14-16,18H,3-7,9-10,12H2,1-2H3;1H/t14?,15-,16+;/m1./s1. The van der Waals surface area contributed by atoms with E-state index in [1.165, 1.54) is 18.4 Å². The van der Waals surface area contributed by atoms with Crippen LogP contribution in [0.5, 0.6) is 0 Å². The second kappa shape index (κ2) is 9.11. The molecule has 1 unspecified atom stereocenters. The molecule has 1 amide bonds. The minimum Gasteiger partial charge on any atom is -0.341 e. The molecule has 0 bridgehead atoms. The zero-order chi connectivity index (χ0) is 16.2. The van der Waals surface area contributed by atoms with Gasteiger partial charge in [-0.2, -0.15) is 16.9 Å². The monoisotopic (exact) mass is 372 g/mol. The van der Waals surface area contributed by atoms with Gasteiger partial charge in [0, 0.05) is 50.6 Å². The summed E-state index contributed by atoms with van der Waals surface area (Å²) in [6.45, 7) is 5.73. The van der Waals surface area contributed by atoms with E-state index in [-0.39, 0.29) is 24.2 Å². The first kappa shape index (κ1) is 19.6. The predicted octanol–water partition coefficient (Wildman–Crippen LogP) is 2.28. The van der Waals surface area contributed by atoms with Crippen molar-refractivity contribution < 1.29 is 4.79 Å². The summed E-state index contributed by atoms with van der Waals surface area (Å²) >= 11 is 2.01. The predicted molar refractivity (Wildman–Crippen MR) is 102 cm³/mol. The maximum atomic E-state index is 13.1. The average molecular weight is 373 g/mol. The van der Waals surface area contributed by atoms with Gasteiger partial charge in [0.1, 0.15) is 0 Å². The lowest BCUT2D eigenvalue weighted by Gasteiger charge is -2.28. The first-order valence-corrected chi connectivity index (χ1v) is 9.83. The van der Waals surface area contributed by atoms with Crippen molar-refractivity contribution in [1.29, 1.82) is 0 Å². The van der Waals surface area contributed by atoms with Gasteiger partial charge in [-0.3, -0.25) is 9.48 Å². The highest BCUT2D eigenvalue weighted by Gasteiger charge is 2.37. The molecular weight excluding hydrogens is 344 g/mol. The van der Waals surface area contributed by atoms with Gasteiger partial charge in [0.2, 0.25) is 5.91 Å². The van der Waals surface area contributed by atoms with Gasteiger partial charge < -0.3 is 10.2 Å². The smallest absolute Gasteiger partial charge is 0.227 e. The number of likely N-dealkylation sites (tertiary alicyclic amines) is 1. The Bertz CT molecular complexity index is 538. The minimum atomic E-state index is 0. The van der Waals surface area contributed by atoms with E-state index in [2.05, 4.69) is 28.4 Å². The molecule has 0 radical (unpaired) electrons. The summed E-state index contributed by atoms with van der Waals surface area (Å²) in [6, 6.07) is 0. The highest BCUT2D eigenvalue weighted by Crippen LogP contribution is 2.31. The van der Waals surface area contributed by atoms with E-state index in [1.807, 2.05) is 29.7 Å². The number of hydrogen-bond donors (Lipinski definition) is 1. The third kappa shape index (κ3) is 4.46. The molecule has 0 spiro atoms. The van der Waals surface area contributed by atoms with Crippen LogP contribution in [0.15, 0.2) is 12.4 Å². The lowest BCUT2D eigenvalue weighted by molar-refractivity contribution is -0.135.